The molecule has 1 heterocycles. The van der Waals surface area contributed by atoms with Gasteiger partial charge in [-0.2, -0.15) is 0 Å². The van der Waals surface area contributed by atoms with Crippen LogP contribution in [-0.2, 0) is 11.2 Å². The van der Waals surface area contributed by atoms with Crippen molar-refractivity contribution >= 4 is 38.3 Å². The first-order valence-corrected chi connectivity index (χ1v) is 7.88. The molecule has 0 fully saturated rings. The van der Waals surface area contributed by atoms with E-state index in [2.05, 4.69) is 38.4 Å². The zero-order valence-corrected chi connectivity index (χ0v) is 13.5. The molecule has 1 atom stereocenters. The molecule has 0 saturated carbocycles. The third-order valence-electron chi connectivity index (χ3n) is 2.57. The van der Waals surface area contributed by atoms with Crippen LogP contribution < -0.4 is 11.1 Å². The molecule has 0 saturated heterocycles. The monoisotopic (exact) mass is 353 g/mol. The number of nitrogens with one attached hydrogen (secondary N) is 1. The Morgan fingerprint density at radius 1 is 1.55 bits per heavy atom. The highest BCUT2D eigenvalue weighted by Gasteiger charge is 2.09. The number of carbonyl (C=O) groups excluding carboxylic acids is 1. The maximum Gasteiger partial charge on any atom is 0.227 e. The van der Waals surface area contributed by atoms with Crippen molar-refractivity contribution in [2.75, 3.05) is 5.32 Å². The molecule has 1 aromatic heterocycles. The Balaban J connectivity index is 1.97. The average molecular weight is 354 g/mol. The quantitative estimate of drug-likeness (QED) is 0.867. The Kier molecular flexibility index (Phi) is 5.28. The molecule has 4 nitrogen and oxygen atoms in total. The van der Waals surface area contributed by atoms with E-state index in [0.717, 1.165) is 15.8 Å². The summed E-state index contributed by atoms with van der Waals surface area (Å²) in [6.45, 7) is 1.81. The molecule has 2 rings (SSSR count). The van der Waals surface area contributed by atoms with Crippen LogP contribution in [0.2, 0.25) is 0 Å². The summed E-state index contributed by atoms with van der Waals surface area (Å²) >= 11 is 4.95. The summed E-state index contributed by atoms with van der Waals surface area (Å²) in [6.07, 6.45) is 2.91. The van der Waals surface area contributed by atoms with E-state index in [1.807, 2.05) is 12.1 Å². The molecule has 106 valence electrons. The van der Waals surface area contributed by atoms with E-state index < -0.39 is 0 Å². The number of aromatic nitrogens is 1. The van der Waals surface area contributed by atoms with Gasteiger partial charge in [0, 0.05) is 34.4 Å². The summed E-state index contributed by atoms with van der Waals surface area (Å²) in [5.74, 6) is -0.0941. The highest BCUT2D eigenvalue weighted by atomic mass is 79.9. The average Bonchev–Trinajstić information content (AvgIpc) is 2.75. The first kappa shape index (κ1) is 15.2. The van der Waals surface area contributed by atoms with E-state index in [1.165, 1.54) is 16.9 Å². The van der Waals surface area contributed by atoms with Gasteiger partial charge in [-0.3, -0.25) is 4.79 Å². The van der Waals surface area contributed by atoms with Gasteiger partial charge in [0.25, 0.3) is 0 Å². The summed E-state index contributed by atoms with van der Waals surface area (Å²) in [5, 5.41) is 3.40. The largest absolute Gasteiger partial charge is 0.327 e. The van der Waals surface area contributed by atoms with Crippen LogP contribution in [0.5, 0.6) is 0 Å². The standard InChI is InChI=1S/C14H16BrN3OS/c1-9(16)5-13(19)18-14-17-8-12(20-14)7-10-3-2-4-11(15)6-10/h2-4,6,8-9H,5,7,16H2,1H3,(H,17,18,19). The third-order valence-corrected chi connectivity index (χ3v) is 3.98. The van der Waals surface area contributed by atoms with Gasteiger partial charge in [-0.25, -0.2) is 4.98 Å². The maximum absolute atomic E-state index is 11.6. The number of amides is 1. The van der Waals surface area contributed by atoms with Gasteiger partial charge in [0.1, 0.15) is 0 Å². The fourth-order valence-electron chi connectivity index (χ4n) is 1.76. The first-order chi connectivity index (χ1) is 9.52. The Bertz CT molecular complexity index is 598. The van der Waals surface area contributed by atoms with Crippen molar-refractivity contribution in [3.05, 3.63) is 45.4 Å². The minimum Gasteiger partial charge on any atom is -0.327 e. The Hall–Kier alpha value is -1.24. The molecule has 1 aromatic carbocycles. The molecule has 0 aliphatic carbocycles. The van der Waals surface area contributed by atoms with E-state index in [4.69, 9.17) is 5.73 Å². The molecule has 20 heavy (non-hydrogen) atoms. The molecule has 0 bridgehead atoms. The van der Waals surface area contributed by atoms with Gasteiger partial charge in [-0.15, -0.1) is 11.3 Å². The lowest BCUT2D eigenvalue weighted by Gasteiger charge is -2.03. The van der Waals surface area contributed by atoms with Crippen LogP contribution in [0.3, 0.4) is 0 Å². The molecular formula is C14H16BrN3OS. The topological polar surface area (TPSA) is 68.0 Å². The number of nitrogens with zero attached hydrogens (tertiary/aromatic N) is 1. The highest BCUT2D eigenvalue weighted by molar-refractivity contribution is 9.10. The number of anilines is 1. The molecule has 1 amide bonds. The maximum atomic E-state index is 11.6. The lowest BCUT2D eigenvalue weighted by molar-refractivity contribution is -0.116. The van der Waals surface area contributed by atoms with E-state index in [9.17, 15) is 4.79 Å². The molecule has 0 spiro atoms. The van der Waals surface area contributed by atoms with Gasteiger partial charge < -0.3 is 11.1 Å². The van der Waals surface area contributed by atoms with Crippen molar-refractivity contribution in [3.63, 3.8) is 0 Å². The molecule has 0 aliphatic heterocycles. The predicted octanol–water partition coefficient (Wildman–Crippen LogP) is 3.17. The van der Waals surface area contributed by atoms with Gasteiger partial charge in [0.15, 0.2) is 5.13 Å². The van der Waals surface area contributed by atoms with E-state index >= 15 is 0 Å². The zero-order valence-electron chi connectivity index (χ0n) is 11.1. The van der Waals surface area contributed by atoms with Crippen molar-refractivity contribution < 1.29 is 4.79 Å². The summed E-state index contributed by atoms with van der Waals surface area (Å²) in [5.41, 5.74) is 6.79. The molecule has 6 heteroatoms. The fourth-order valence-corrected chi connectivity index (χ4v) is 3.07. The van der Waals surface area contributed by atoms with Crippen molar-refractivity contribution in [1.82, 2.24) is 4.98 Å². The molecule has 3 N–H and O–H groups in total. The lowest BCUT2D eigenvalue weighted by Crippen LogP contribution is -2.23. The van der Waals surface area contributed by atoms with Crippen LogP contribution in [-0.4, -0.2) is 16.9 Å². The lowest BCUT2D eigenvalue weighted by atomic mass is 10.1. The Labute approximate surface area is 130 Å². The second kappa shape index (κ2) is 6.97. The SMILES string of the molecule is CC(N)CC(=O)Nc1ncc(Cc2cccc(Br)c2)s1. The number of hydrogen-bond donors (Lipinski definition) is 2. The van der Waals surface area contributed by atoms with E-state index in [1.54, 1.807) is 13.1 Å². The third kappa shape index (κ3) is 4.70. The summed E-state index contributed by atoms with van der Waals surface area (Å²) in [7, 11) is 0. The second-order valence-electron chi connectivity index (χ2n) is 4.67. The van der Waals surface area contributed by atoms with Gasteiger partial charge >= 0.3 is 0 Å². The number of hydrogen-bond acceptors (Lipinski definition) is 4. The molecular weight excluding hydrogens is 338 g/mol. The van der Waals surface area contributed by atoms with Gasteiger partial charge in [0.05, 0.1) is 0 Å². The van der Waals surface area contributed by atoms with Gasteiger partial charge in [-0.05, 0) is 24.6 Å². The van der Waals surface area contributed by atoms with Gasteiger partial charge in [-0.1, -0.05) is 28.1 Å². The predicted molar refractivity (Wildman–Crippen MR) is 86.0 cm³/mol. The zero-order chi connectivity index (χ0) is 14.5. The number of thiazole rings is 1. The smallest absolute Gasteiger partial charge is 0.227 e. The van der Waals surface area contributed by atoms with E-state index in [-0.39, 0.29) is 11.9 Å². The van der Waals surface area contributed by atoms with Gasteiger partial charge in [0.2, 0.25) is 5.91 Å². The molecule has 0 aliphatic rings. The molecule has 0 radical (unpaired) electrons. The number of nitrogens with two attached hydrogens (primary N) is 1. The van der Waals surface area contributed by atoms with Crippen molar-refractivity contribution in [1.29, 1.82) is 0 Å². The van der Waals surface area contributed by atoms with Crippen LogP contribution in [0.25, 0.3) is 0 Å². The summed E-state index contributed by atoms with van der Waals surface area (Å²) in [4.78, 5) is 16.9. The van der Waals surface area contributed by atoms with Crippen LogP contribution >= 0.6 is 27.3 Å². The van der Waals surface area contributed by atoms with Crippen LogP contribution in [0.4, 0.5) is 5.13 Å². The van der Waals surface area contributed by atoms with Crippen LogP contribution in [0, 0.1) is 0 Å². The van der Waals surface area contributed by atoms with Crippen molar-refractivity contribution in [2.45, 2.75) is 25.8 Å². The minimum atomic E-state index is -0.142. The number of halogens is 1. The normalized spacial score (nSPS) is 12.2. The molecule has 2 aromatic rings. The Morgan fingerprint density at radius 3 is 3.05 bits per heavy atom. The number of carbonyl (C=O) groups is 1. The summed E-state index contributed by atoms with van der Waals surface area (Å²) in [6, 6.07) is 8.00. The second-order valence-corrected chi connectivity index (χ2v) is 6.70. The van der Waals surface area contributed by atoms with E-state index in [0.29, 0.717) is 11.6 Å². The Morgan fingerprint density at radius 2 is 2.35 bits per heavy atom. The van der Waals surface area contributed by atoms with Crippen LogP contribution in [0.1, 0.15) is 23.8 Å². The fraction of sp³-hybridized carbons (Fsp3) is 0.286. The number of benzene rings is 1. The minimum absolute atomic E-state index is 0.0941. The van der Waals surface area contributed by atoms with Crippen molar-refractivity contribution in [2.24, 2.45) is 5.73 Å². The number of rotatable bonds is 5. The first-order valence-electron chi connectivity index (χ1n) is 6.27. The molecule has 1 unspecified atom stereocenters. The van der Waals surface area contributed by atoms with Crippen LogP contribution in [0.15, 0.2) is 34.9 Å². The van der Waals surface area contributed by atoms with Crippen molar-refractivity contribution in [3.8, 4) is 0 Å². The summed E-state index contributed by atoms with van der Waals surface area (Å²) < 4.78 is 1.06. The highest BCUT2D eigenvalue weighted by Crippen LogP contribution is 2.22.